The van der Waals surface area contributed by atoms with Gasteiger partial charge in [0.05, 0.1) is 30.8 Å². The number of amides is 2. The summed E-state index contributed by atoms with van der Waals surface area (Å²) in [5.41, 5.74) is 0.484. The van der Waals surface area contributed by atoms with Crippen LogP contribution in [-0.2, 0) is 32.7 Å². The Kier molecular flexibility index (Phi) is 12.3. The largest absolute Gasteiger partial charge is 0.467 e. The molecule has 0 aliphatic heterocycles. The molecular formula is C27H31N3O5S2. The van der Waals surface area contributed by atoms with Crippen LogP contribution in [0.5, 0.6) is 0 Å². The summed E-state index contributed by atoms with van der Waals surface area (Å²) in [5.74, 6) is -0.0220. The molecule has 2 amide bonds. The maximum atomic E-state index is 12.8. The SMILES string of the molecule is C=C/C=C\C=C/C.CC(=O)Nc1ccc(S(=O)(=O)NCC(=O)N(Cc2ccco2)Cc2cccs2)cc1. The van der Waals surface area contributed by atoms with E-state index >= 15 is 0 Å². The van der Waals surface area contributed by atoms with Crippen LogP contribution in [0.25, 0.3) is 0 Å². The van der Waals surface area contributed by atoms with Crippen molar-refractivity contribution in [3.05, 3.63) is 108 Å². The molecule has 196 valence electrons. The van der Waals surface area contributed by atoms with Crippen LogP contribution in [0.15, 0.2) is 106 Å². The number of hydrogen-bond acceptors (Lipinski definition) is 6. The quantitative estimate of drug-likeness (QED) is 0.328. The molecule has 1 aromatic carbocycles. The average molecular weight is 542 g/mol. The molecule has 0 radical (unpaired) electrons. The second kappa shape index (κ2) is 15.4. The van der Waals surface area contributed by atoms with Crippen LogP contribution in [-0.4, -0.2) is 31.7 Å². The third kappa shape index (κ3) is 10.8. The maximum absolute atomic E-state index is 12.8. The third-order valence-corrected chi connectivity index (χ3v) is 6.93. The van der Waals surface area contributed by atoms with Gasteiger partial charge in [-0.1, -0.05) is 43.0 Å². The zero-order valence-electron chi connectivity index (χ0n) is 20.8. The normalized spacial score (nSPS) is 11.2. The van der Waals surface area contributed by atoms with E-state index in [2.05, 4.69) is 16.6 Å². The van der Waals surface area contributed by atoms with Crippen molar-refractivity contribution >= 4 is 38.9 Å². The number of anilines is 1. The van der Waals surface area contributed by atoms with Gasteiger partial charge in [0, 0.05) is 17.5 Å². The molecule has 0 atom stereocenters. The average Bonchev–Trinajstić information content (AvgIpc) is 3.58. The number of furan rings is 1. The number of hydrogen-bond donors (Lipinski definition) is 2. The summed E-state index contributed by atoms with van der Waals surface area (Å²) in [7, 11) is -3.89. The molecule has 2 heterocycles. The van der Waals surface area contributed by atoms with Crippen molar-refractivity contribution < 1.29 is 22.4 Å². The Morgan fingerprint density at radius 3 is 2.38 bits per heavy atom. The molecule has 3 rings (SSSR count). The lowest BCUT2D eigenvalue weighted by molar-refractivity contribution is -0.131. The lowest BCUT2D eigenvalue weighted by atomic mass is 10.3. The molecule has 37 heavy (non-hydrogen) atoms. The van der Waals surface area contributed by atoms with Gasteiger partial charge < -0.3 is 14.6 Å². The van der Waals surface area contributed by atoms with Crippen molar-refractivity contribution in [3.8, 4) is 0 Å². The molecule has 0 fully saturated rings. The van der Waals surface area contributed by atoms with E-state index in [0.29, 0.717) is 18.0 Å². The first-order valence-electron chi connectivity index (χ1n) is 11.4. The number of rotatable bonds is 11. The summed E-state index contributed by atoms with van der Waals surface area (Å²) in [6.45, 7) is 7.05. The van der Waals surface area contributed by atoms with Crippen molar-refractivity contribution in [2.75, 3.05) is 11.9 Å². The summed E-state index contributed by atoms with van der Waals surface area (Å²) < 4.78 is 32.8. The van der Waals surface area contributed by atoms with Crippen molar-refractivity contribution in [3.63, 3.8) is 0 Å². The second-order valence-electron chi connectivity index (χ2n) is 7.59. The van der Waals surface area contributed by atoms with Crippen molar-refractivity contribution in [1.82, 2.24) is 9.62 Å². The van der Waals surface area contributed by atoms with Gasteiger partial charge in [0.2, 0.25) is 21.8 Å². The van der Waals surface area contributed by atoms with Crippen LogP contribution in [0.2, 0.25) is 0 Å². The van der Waals surface area contributed by atoms with Gasteiger partial charge >= 0.3 is 0 Å². The Labute approximate surface area is 222 Å². The van der Waals surface area contributed by atoms with Crippen LogP contribution < -0.4 is 10.0 Å². The second-order valence-corrected chi connectivity index (χ2v) is 10.4. The minimum absolute atomic E-state index is 0.000225. The zero-order valence-corrected chi connectivity index (χ0v) is 22.4. The first kappa shape index (κ1) is 29.5. The van der Waals surface area contributed by atoms with Gasteiger partial charge in [0.15, 0.2) is 0 Å². The predicted octanol–water partition coefficient (Wildman–Crippen LogP) is 5.11. The van der Waals surface area contributed by atoms with Gasteiger partial charge in [0.1, 0.15) is 5.76 Å². The molecule has 10 heteroatoms. The minimum Gasteiger partial charge on any atom is -0.467 e. The molecule has 2 N–H and O–H groups in total. The van der Waals surface area contributed by atoms with E-state index in [9.17, 15) is 18.0 Å². The van der Waals surface area contributed by atoms with Crippen LogP contribution >= 0.6 is 11.3 Å². The molecule has 0 unspecified atom stereocenters. The predicted molar refractivity (Wildman–Crippen MR) is 147 cm³/mol. The highest BCUT2D eigenvalue weighted by molar-refractivity contribution is 7.89. The molecule has 0 saturated heterocycles. The maximum Gasteiger partial charge on any atom is 0.241 e. The summed E-state index contributed by atoms with van der Waals surface area (Å²) in [6, 6.07) is 13.0. The van der Waals surface area contributed by atoms with E-state index in [0.717, 1.165) is 4.88 Å². The van der Waals surface area contributed by atoms with Crippen molar-refractivity contribution in [1.29, 1.82) is 0 Å². The monoisotopic (exact) mass is 541 g/mol. The van der Waals surface area contributed by atoms with Crippen LogP contribution in [0.4, 0.5) is 5.69 Å². The number of sulfonamides is 1. The smallest absolute Gasteiger partial charge is 0.241 e. The van der Waals surface area contributed by atoms with Gasteiger partial charge in [-0.3, -0.25) is 9.59 Å². The Bertz CT molecular complexity index is 1240. The lowest BCUT2D eigenvalue weighted by Gasteiger charge is -2.21. The van der Waals surface area contributed by atoms with Crippen molar-refractivity contribution in [2.24, 2.45) is 0 Å². The number of nitrogens with one attached hydrogen (secondary N) is 2. The molecule has 0 aliphatic rings. The van der Waals surface area contributed by atoms with Crippen molar-refractivity contribution in [2.45, 2.75) is 31.8 Å². The number of thiophene rings is 1. The number of benzene rings is 1. The van der Waals surface area contributed by atoms with Crippen LogP contribution in [0.1, 0.15) is 24.5 Å². The van der Waals surface area contributed by atoms with E-state index in [1.54, 1.807) is 18.2 Å². The Hall–Kier alpha value is -3.73. The van der Waals surface area contributed by atoms with E-state index < -0.39 is 10.0 Å². The lowest BCUT2D eigenvalue weighted by Crippen LogP contribution is -2.39. The summed E-state index contributed by atoms with van der Waals surface area (Å²) in [4.78, 5) is 26.4. The van der Waals surface area contributed by atoms with E-state index in [1.807, 2.05) is 48.7 Å². The minimum atomic E-state index is -3.89. The highest BCUT2D eigenvalue weighted by Gasteiger charge is 2.20. The fraction of sp³-hybridized carbons (Fsp3) is 0.185. The highest BCUT2D eigenvalue weighted by atomic mass is 32.2. The molecule has 2 aromatic heterocycles. The standard InChI is InChI=1S/C20H21N3O5S2.C7H10/c1-15(24)22-16-6-8-19(9-7-16)30(26,27)21-12-20(25)23(13-17-4-2-10-28-17)14-18-5-3-11-29-18;1-3-5-7-6-4-2/h2-11,21H,12-14H2,1H3,(H,22,24);3-7H,1H2,2H3/b;6-4-,7-5-. The Morgan fingerprint density at radius 1 is 1.05 bits per heavy atom. The highest BCUT2D eigenvalue weighted by Crippen LogP contribution is 2.16. The van der Waals surface area contributed by atoms with Gasteiger partial charge in [-0.25, -0.2) is 13.1 Å². The first-order valence-corrected chi connectivity index (χ1v) is 13.7. The topological polar surface area (TPSA) is 109 Å². The summed E-state index contributed by atoms with van der Waals surface area (Å²) >= 11 is 1.51. The summed E-state index contributed by atoms with van der Waals surface area (Å²) in [5, 5.41) is 4.48. The van der Waals surface area contributed by atoms with Crippen LogP contribution in [0.3, 0.4) is 0 Å². The van der Waals surface area contributed by atoms with Gasteiger partial charge in [-0.2, -0.15) is 0 Å². The fourth-order valence-electron chi connectivity index (χ4n) is 2.94. The van der Waals surface area contributed by atoms with E-state index in [-0.39, 0.29) is 29.8 Å². The number of allylic oxidation sites excluding steroid dienone is 5. The number of carbonyl (C=O) groups is 2. The van der Waals surface area contributed by atoms with E-state index in [4.69, 9.17) is 4.42 Å². The molecule has 0 spiro atoms. The number of nitrogens with zero attached hydrogens (tertiary/aromatic N) is 1. The van der Waals surface area contributed by atoms with Gasteiger partial charge in [-0.15, -0.1) is 11.3 Å². The first-order chi connectivity index (χ1) is 17.7. The Balaban J connectivity index is 0.000000604. The molecule has 0 saturated carbocycles. The summed E-state index contributed by atoms with van der Waals surface area (Å²) in [6.07, 6.45) is 11.0. The fourth-order valence-corrected chi connectivity index (χ4v) is 4.63. The van der Waals surface area contributed by atoms with Gasteiger partial charge in [-0.05, 0) is 54.8 Å². The molecule has 0 bridgehead atoms. The Morgan fingerprint density at radius 2 is 1.81 bits per heavy atom. The molecule has 0 aliphatic carbocycles. The molecule has 8 nitrogen and oxygen atoms in total. The van der Waals surface area contributed by atoms with E-state index in [1.165, 1.54) is 53.7 Å². The van der Waals surface area contributed by atoms with Crippen LogP contribution in [0, 0.1) is 0 Å². The third-order valence-electron chi connectivity index (χ3n) is 4.66. The molecule has 3 aromatic rings. The molecular weight excluding hydrogens is 510 g/mol. The number of carbonyl (C=O) groups excluding carboxylic acids is 2. The van der Waals surface area contributed by atoms with Gasteiger partial charge in [0.25, 0.3) is 0 Å². The zero-order chi connectivity index (χ0) is 27.1.